The fourth-order valence-electron chi connectivity index (χ4n) is 3.57. The third kappa shape index (κ3) is 4.19. The first-order valence-corrected chi connectivity index (χ1v) is 10.8. The molecule has 28 heavy (non-hydrogen) atoms. The van der Waals surface area contributed by atoms with Crippen molar-refractivity contribution in [2.45, 2.75) is 32.7 Å². The standard InChI is InChI=1S/C21H24ClN5S/c1-14-5-9-23-12-16(14)4-3-8-24-17-6-10-27(11-7-17)20-19-18(15(2)13-28-19)25-21(22)26-20/h3-5,9,12-13,17,24H,6-8,10-11H2,1-2H3. The van der Waals surface area contributed by atoms with Gasteiger partial charge in [0.25, 0.3) is 0 Å². The van der Waals surface area contributed by atoms with Crippen LogP contribution in [0, 0.1) is 13.8 Å². The number of hydrogen-bond acceptors (Lipinski definition) is 6. The van der Waals surface area contributed by atoms with Crippen molar-refractivity contribution in [2.24, 2.45) is 0 Å². The summed E-state index contributed by atoms with van der Waals surface area (Å²) in [5.41, 5.74) is 4.57. The van der Waals surface area contributed by atoms with Crippen LogP contribution in [0.5, 0.6) is 0 Å². The maximum absolute atomic E-state index is 6.18. The Morgan fingerprint density at radius 2 is 2.07 bits per heavy atom. The first kappa shape index (κ1) is 19.3. The van der Waals surface area contributed by atoms with Crippen LogP contribution in [-0.4, -0.2) is 40.6 Å². The van der Waals surface area contributed by atoms with Gasteiger partial charge in [-0.2, -0.15) is 4.98 Å². The van der Waals surface area contributed by atoms with Crippen molar-refractivity contribution in [1.82, 2.24) is 20.3 Å². The Morgan fingerprint density at radius 1 is 1.25 bits per heavy atom. The molecule has 1 N–H and O–H groups in total. The largest absolute Gasteiger partial charge is 0.355 e. The number of nitrogens with zero attached hydrogens (tertiary/aromatic N) is 4. The zero-order valence-corrected chi connectivity index (χ0v) is 17.7. The summed E-state index contributed by atoms with van der Waals surface area (Å²) in [6.45, 7) is 7.00. The van der Waals surface area contributed by atoms with Gasteiger partial charge in [0.05, 0.1) is 10.2 Å². The van der Waals surface area contributed by atoms with Crippen molar-refractivity contribution in [3.05, 3.63) is 51.9 Å². The molecule has 0 atom stereocenters. The lowest BCUT2D eigenvalue weighted by molar-refractivity contribution is 0.429. The van der Waals surface area contributed by atoms with Gasteiger partial charge in [0.1, 0.15) is 0 Å². The quantitative estimate of drug-likeness (QED) is 0.618. The molecule has 3 aromatic rings. The van der Waals surface area contributed by atoms with Gasteiger partial charge in [0, 0.05) is 38.1 Å². The zero-order valence-electron chi connectivity index (χ0n) is 16.2. The van der Waals surface area contributed by atoms with Gasteiger partial charge < -0.3 is 10.2 Å². The number of anilines is 1. The second kappa shape index (κ2) is 8.55. The monoisotopic (exact) mass is 413 g/mol. The van der Waals surface area contributed by atoms with Crippen molar-refractivity contribution in [2.75, 3.05) is 24.5 Å². The molecule has 0 unspecified atom stereocenters. The molecule has 0 spiro atoms. The molecule has 3 aromatic heterocycles. The summed E-state index contributed by atoms with van der Waals surface area (Å²) in [6, 6.07) is 2.56. The van der Waals surface area contributed by atoms with Crippen LogP contribution >= 0.6 is 22.9 Å². The van der Waals surface area contributed by atoms with Gasteiger partial charge in [0.15, 0.2) is 5.82 Å². The molecule has 4 heterocycles. The number of aromatic nitrogens is 3. The molecule has 4 rings (SSSR count). The molecule has 1 saturated heterocycles. The van der Waals surface area contributed by atoms with Crippen LogP contribution in [-0.2, 0) is 0 Å². The normalized spacial score (nSPS) is 15.8. The summed E-state index contributed by atoms with van der Waals surface area (Å²) >= 11 is 7.88. The van der Waals surface area contributed by atoms with Crippen LogP contribution in [0.2, 0.25) is 5.28 Å². The van der Waals surface area contributed by atoms with Crippen molar-refractivity contribution < 1.29 is 0 Å². The minimum Gasteiger partial charge on any atom is -0.355 e. The molecule has 0 saturated carbocycles. The van der Waals surface area contributed by atoms with Crippen LogP contribution in [0.25, 0.3) is 16.3 Å². The van der Waals surface area contributed by atoms with Gasteiger partial charge in [-0.05, 0) is 66.4 Å². The highest BCUT2D eigenvalue weighted by molar-refractivity contribution is 7.18. The molecule has 0 bridgehead atoms. The lowest BCUT2D eigenvalue weighted by Crippen LogP contribution is -2.43. The predicted molar refractivity (Wildman–Crippen MR) is 118 cm³/mol. The fraction of sp³-hybridized carbons (Fsp3) is 0.381. The van der Waals surface area contributed by atoms with Crippen LogP contribution < -0.4 is 10.2 Å². The third-order valence-corrected chi connectivity index (χ3v) is 6.50. The van der Waals surface area contributed by atoms with Crippen LogP contribution in [0.3, 0.4) is 0 Å². The number of aryl methyl sites for hydroxylation is 2. The van der Waals surface area contributed by atoms with E-state index in [4.69, 9.17) is 11.6 Å². The van der Waals surface area contributed by atoms with Gasteiger partial charge in [0.2, 0.25) is 5.28 Å². The lowest BCUT2D eigenvalue weighted by Gasteiger charge is -2.33. The summed E-state index contributed by atoms with van der Waals surface area (Å²) in [7, 11) is 0. The first-order valence-electron chi connectivity index (χ1n) is 9.58. The van der Waals surface area contributed by atoms with E-state index >= 15 is 0 Å². The first-order chi connectivity index (χ1) is 13.6. The van der Waals surface area contributed by atoms with Crippen molar-refractivity contribution in [1.29, 1.82) is 0 Å². The Bertz CT molecular complexity index is 992. The third-order valence-electron chi connectivity index (χ3n) is 5.24. The van der Waals surface area contributed by atoms with Gasteiger partial charge in [-0.25, -0.2) is 4.98 Å². The topological polar surface area (TPSA) is 53.9 Å². The van der Waals surface area contributed by atoms with Crippen molar-refractivity contribution >= 4 is 45.0 Å². The van der Waals surface area contributed by atoms with Crippen molar-refractivity contribution in [3.8, 4) is 0 Å². The predicted octanol–water partition coefficient (Wildman–Crippen LogP) is 4.63. The molecule has 0 amide bonds. The highest BCUT2D eigenvalue weighted by Crippen LogP contribution is 2.33. The molecular weight excluding hydrogens is 390 g/mol. The molecule has 0 radical (unpaired) electrons. The van der Waals surface area contributed by atoms with E-state index in [-0.39, 0.29) is 0 Å². The second-order valence-electron chi connectivity index (χ2n) is 7.22. The van der Waals surface area contributed by atoms with Crippen LogP contribution in [0.4, 0.5) is 5.82 Å². The molecule has 146 valence electrons. The van der Waals surface area contributed by atoms with E-state index < -0.39 is 0 Å². The molecule has 1 fully saturated rings. The van der Waals surface area contributed by atoms with E-state index in [1.165, 1.54) is 11.1 Å². The smallest absolute Gasteiger partial charge is 0.224 e. The summed E-state index contributed by atoms with van der Waals surface area (Å²) in [5.74, 6) is 0.985. The maximum Gasteiger partial charge on any atom is 0.224 e. The average molecular weight is 414 g/mol. The van der Waals surface area contributed by atoms with Crippen LogP contribution in [0.1, 0.15) is 29.5 Å². The van der Waals surface area contributed by atoms with Gasteiger partial charge in [-0.15, -0.1) is 11.3 Å². The Morgan fingerprint density at radius 3 is 2.86 bits per heavy atom. The Labute approximate surface area is 174 Å². The number of nitrogens with one attached hydrogen (secondary N) is 1. The number of thiophene rings is 1. The molecule has 5 nitrogen and oxygen atoms in total. The van der Waals surface area contributed by atoms with E-state index in [0.29, 0.717) is 11.3 Å². The minimum absolute atomic E-state index is 0.333. The summed E-state index contributed by atoms with van der Waals surface area (Å²) < 4.78 is 1.14. The Balaban J connectivity index is 1.33. The van der Waals surface area contributed by atoms with Crippen molar-refractivity contribution in [3.63, 3.8) is 0 Å². The average Bonchev–Trinajstić information content (AvgIpc) is 3.07. The number of pyridine rings is 1. The highest BCUT2D eigenvalue weighted by atomic mass is 35.5. The van der Waals surface area contributed by atoms with Crippen LogP contribution in [0.15, 0.2) is 29.9 Å². The maximum atomic E-state index is 6.18. The second-order valence-corrected chi connectivity index (χ2v) is 8.43. The number of fused-ring (bicyclic) bond motifs is 1. The number of rotatable bonds is 5. The van der Waals surface area contributed by atoms with E-state index in [2.05, 4.69) is 56.5 Å². The van der Waals surface area contributed by atoms with E-state index in [1.807, 2.05) is 18.5 Å². The summed E-state index contributed by atoms with van der Waals surface area (Å²) in [5, 5.41) is 6.11. The number of piperidine rings is 1. The van der Waals surface area contributed by atoms with E-state index in [1.54, 1.807) is 11.3 Å². The Kier molecular flexibility index (Phi) is 5.90. The van der Waals surface area contributed by atoms with Gasteiger partial charge in [-0.3, -0.25) is 4.98 Å². The zero-order chi connectivity index (χ0) is 19.5. The van der Waals surface area contributed by atoms with Gasteiger partial charge >= 0.3 is 0 Å². The highest BCUT2D eigenvalue weighted by Gasteiger charge is 2.22. The molecule has 1 aliphatic rings. The molecule has 7 heteroatoms. The summed E-state index contributed by atoms with van der Waals surface area (Å²) in [6.07, 6.45) is 10.2. The van der Waals surface area contributed by atoms with E-state index in [0.717, 1.165) is 54.1 Å². The molecule has 1 aliphatic heterocycles. The number of halogens is 1. The lowest BCUT2D eigenvalue weighted by atomic mass is 10.0. The SMILES string of the molecule is Cc1ccncc1C=CCNC1CCN(c2nc(Cl)nc3c(C)csc23)CC1. The Hall–Kier alpha value is -2.02. The number of hydrogen-bond donors (Lipinski definition) is 1. The fourth-order valence-corrected chi connectivity index (χ4v) is 4.74. The van der Waals surface area contributed by atoms with E-state index in [9.17, 15) is 0 Å². The minimum atomic E-state index is 0.333. The molecule has 0 aliphatic carbocycles. The summed E-state index contributed by atoms with van der Waals surface area (Å²) in [4.78, 5) is 15.5. The molecule has 0 aromatic carbocycles. The molecular formula is C21H24ClN5S. The van der Waals surface area contributed by atoms with Gasteiger partial charge in [-0.1, -0.05) is 12.2 Å².